The fourth-order valence-corrected chi connectivity index (χ4v) is 4.52. The van der Waals surface area contributed by atoms with Gasteiger partial charge >= 0.3 is 6.18 Å². The van der Waals surface area contributed by atoms with E-state index in [1.54, 1.807) is 7.05 Å². The van der Waals surface area contributed by atoms with Crippen molar-refractivity contribution in [2.24, 2.45) is 4.99 Å². The highest BCUT2D eigenvalue weighted by Crippen LogP contribution is 2.38. The van der Waals surface area contributed by atoms with Crippen LogP contribution in [0.3, 0.4) is 0 Å². The third-order valence-corrected chi connectivity index (χ3v) is 6.06. The second kappa shape index (κ2) is 9.53. The number of alkyl halides is 3. The maximum Gasteiger partial charge on any atom is 0.401 e. The molecule has 9 heteroatoms. The molecule has 2 fully saturated rings. The van der Waals surface area contributed by atoms with Crippen molar-refractivity contribution in [3.05, 3.63) is 34.9 Å². The van der Waals surface area contributed by atoms with E-state index in [9.17, 15) is 13.2 Å². The zero-order valence-corrected chi connectivity index (χ0v) is 17.3. The predicted molar refractivity (Wildman–Crippen MR) is 109 cm³/mol. The number of benzene rings is 1. The first-order valence-corrected chi connectivity index (χ1v) is 10.3. The molecule has 2 heterocycles. The Balaban J connectivity index is 1.61. The molecular formula is C20H28ClF3N4O. The van der Waals surface area contributed by atoms with E-state index in [1.807, 2.05) is 18.2 Å². The van der Waals surface area contributed by atoms with Crippen LogP contribution >= 0.6 is 11.6 Å². The summed E-state index contributed by atoms with van der Waals surface area (Å²) >= 11 is 6.49. The first-order valence-electron chi connectivity index (χ1n) is 9.90. The van der Waals surface area contributed by atoms with Gasteiger partial charge in [-0.3, -0.25) is 9.89 Å². The average molecular weight is 433 g/mol. The standard InChI is InChI=1S/C20H28ClF3N4O/c1-25-18(27-15-6-9-28(12-15)14-20(22,23)24)26-13-19(7-10-29-11-8-19)16-4-2-3-5-17(16)21/h2-5,15H,6-14H2,1H3,(H2,25,26,27). The van der Waals surface area contributed by atoms with Crippen LogP contribution in [-0.4, -0.2) is 69.5 Å². The molecule has 2 aliphatic heterocycles. The molecule has 1 unspecified atom stereocenters. The van der Waals surface area contributed by atoms with Crippen LogP contribution in [0.1, 0.15) is 24.8 Å². The van der Waals surface area contributed by atoms with Gasteiger partial charge in [0.05, 0.1) is 6.54 Å². The van der Waals surface area contributed by atoms with E-state index in [4.69, 9.17) is 16.3 Å². The lowest BCUT2D eigenvalue weighted by molar-refractivity contribution is -0.143. The molecule has 5 nitrogen and oxygen atoms in total. The summed E-state index contributed by atoms with van der Waals surface area (Å²) < 4.78 is 43.4. The van der Waals surface area contributed by atoms with E-state index in [0.717, 1.165) is 23.4 Å². The van der Waals surface area contributed by atoms with Gasteiger partial charge in [0.25, 0.3) is 0 Å². The third kappa shape index (κ3) is 5.99. The van der Waals surface area contributed by atoms with Gasteiger partial charge in [-0.1, -0.05) is 29.8 Å². The Morgan fingerprint density at radius 3 is 2.69 bits per heavy atom. The quantitative estimate of drug-likeness (QED) is 0.554. The van der Waals surface area contributed by atoms with Crippen LogP contribution in [0.4, 0.5) is 13.2 Å². The van der Waals surface area contributed by atoms with Crippen molar-refractivity contribution >= 4 is 17.6 Å². The van der Waals surface area contributed by atoms with Crippen molar-refractivity contribution in [1.29, 1.82) is 0 Å². The molecule has 2 aliphatic rings. The average Bonchev–Trinajstić information content (AvgIpc) is 3.11. The van der Waals surface area contributed by atoms with Gasteiger partial charge in [-0.15, -0.1) is 0 Å². The van der Waals surface area contributed by atoms with Crippen LogP contribution < -0.4 is 10.6 Å². The van der Waals surface area contributed by atoms with Gasteiger partial charge in [-0.05, 0) is 30.9 Å². The molecular weight excluding hydrogens is 405 g/mol. The summed E-state index contributed by atoms with van der Waals surface area (Å²) in [5, 5.41) is 7.38. The fourth-order valence-electron chi connectivity index (χ4n) is 4.18. The van der Waals surface area contributed by atoms with E-state index < -0.39 is 12.7 Å². The van der Waals surface area contributed by atoms with Crippen molar-refractivity contribution < 1.29 is 17.9 Å². The number of rotatable bonds is 5. The molecule has 0 aromatic heterocycles. The molecule has 0 saturated carbocycles. The monoisotopic (exact) mass is 432 g/mol. The summed E-state index contributed by atoms with van der Waals surface area (Å²) in [4.78, 5) is 5.70. The number of ether oxygens (including phenoxy) is 1. The topological polar surface area (TPSA) is 48.9 Å². The first-order chi connectivity index (χ1) is 13.8. The molecule has 1 aromatic rings. The molecule has 29 heavy (non-hydrogen) atoms. The lowest BCUT2D eigenvalue weighted by atomic mass is 9.74. The molecule has 0 radical (unpaired) electrons. The molecule has 1 atom stereocenters. The lowest BCUT2D eigenvalue weighted by Gasteiger charge is -2.39. The summed E-state index contributed by atoms with van der Waals surface area (Å²) in [5.41, 5.74) is 0.914. The van der Waals surface area contributed by atoms with Crippen LogP contribution in [0, 0.1) is 0 Å². The van der Waals surface area contributed by atoms with Gasteiger partial charge in [-0.2, -0.15) is 13.2 Å². The molecule has 0 spiro atoms. The second-order valence-electron chi connectivity index (χ2n) is 7.78. The highest BCUT2D eigenvalue weighted by Gasteiger charge is 2.37. The highest BCUT2D eigenvalue weighted by atomic mass is 35.5. The summed E-state index contributed by atoms with van der Waals surface area (Å²) in [6.45, 7) is 1.85. The summed E-state index contributed by atoms with van der Waals surface area (Å²) in [6, 6.07) is 7.79. The van der Waals surface area contributed by atoms with Gasteiger partial charge in [-0.25, -0.2) is 0 Å². The number of hydrogen-bond acceptors (Lipinski definition) is 3. The molecule has 2 saturated heterocycles. The number of nitrogens with one attached hydrogen (secondary N) is 2. The summed E-state index contributed by atoms with van der Waals surface area (Å²) in [6.07, 6.45) is -1.84. The van der Waals surface area contributed by atoms with Crippen LogP contribution in [-0.2, 0) is 10.2 Å². The Hall–Kier alpha value is -1.51. The summed E-state index contributed by atoms with van der Waals surface area (Å²) in [5.74, 6) is 0.599. The van der Waals surface area contributed by atoms with Gasteiger partial charge < -0.3 is 15.4 Å². The van der Waals surface area contributed by atoms with Crippen molar-refractivity contribution in [3.8, 4) is 0 Å². The van der Waals surface area contributed by atoms with E-state index in [2.05, 4.69) is 21.7 Å². The first kappa shape index (κ1) is 22.2. The minimum Gasteiger partial charge on any atom is -0.381 e. The van der Waals surface area contributed by atoms with E-state index in [0.29, 0.717) is 45.2 Å². The van der Waals surface area contributed by atoms with Crippen LogP contribution in [0.25, 0.3) is 0 Å². The molecule has 0 aliphatic carbocycles. The normalized spacial score (nSPS) is 23.2. The Bertz CT molecular complexity index is 707. The third-order valence-electron chi connectivity index (χ3n) is 5.73. The zero-order chi connectivity index (χ0) is 20.9. The smallest absolute Gasteiger partial charge is 0.381 e. The van der Waals surface area contributed by atoms with E-state index >= 15 is 0 Å². The largest absolute Gasteiger partial charge is 0.401 e. The number of aliphatic imine (C=N–C) groups is 1. The van der Waals surface area contributed by atoms with Crippen molar-refractivity contribution in [3.63, 3.8) is 0 Å². The van der Waals surface area contributed by atoms with Gasteiger partial charge in [0.2, 0.25) is 0 Å². The maximum absolute atomic E-state index is 12.6. The van der Waals surface area contributed by atoms with Gasteiger partial charge in [0.15, 0.2) is 5.96 Å². The minimum atomic E-state index is -4.17. The molecule has 0 amide bonds. The van der Waals surface area contributed by atoms with Crippen LogP contribution in [0.15, 0.2) is 29.3 Å². The van der Waals surface area contributed by atoms with Gasteiger partial charge in [0.1, 0.15) is 0 Å². The van der Waals surface area contributed by atoms with Crippen LogP contribution in [0.2, 0.25) is 5.02 Å². The lowest BCUT2D eigenvalue weighted by Crippen LogP contribution is -2.50. The predicted octanol–water partition coefficient (Wildman–Crippen LogP) is 3.19. The zero-order valence-electron chi connectivity index (χ0n) is 16.6. The number of halogens is 4. The Morgan fingerprint density at radius 1 is 1.31 bits per heavy atom. The molecule has 162 valence electrons. The van der Waals surface area contributed by atoms with E-state index in [1.165, 1.54) is 4.90 Å². The molecule has 0 bridgehead atoms. The van der Waals surface area contributed by atoms with E-state index in [-0.39, 0.29) is 11.5 Å². The fraction of sp³-hybridized carbons (Fsp3) is 0.650. The number of hydrogen-bond donors (Lipinski definition) is 2. The van der Waals surface area contributed by atoms with Gasteiger partial charge in [0, 0.05) is 56.4 Å². The Kier molecular flexibility index (Phi) is 7.29. The Labute approximate surface area is 174 Å². The van der Waals surface area contributed by atoms with Crippen molar-refractivity contribution in [1.82, 2.24) is 15.5 Å². The molecule has 2 N–H and O–H groups in total. The minimum absolute atomic E-state index is 0.0606. The number of guanidine groups is 1. The van der Waals surface area contributed by atoms with Crippen molar-refractivity contribution in [2.45, 2.75) is 36.9 Å². The SMILES string of the molecule is CN=C(NCC1(c2ccccc2Cl)CCOCC1)NC1CCN(CC(F)(F)F)C1. The molecule has 1 aromatic carbocycles. The van der Waals surface area contributed by atoms with Crippen LogP contribution in [0.5, 0.6) is 0 Å². The number of nitrogens with zero attached hydrogens (tertiary/aromatic N) is 2. The second-order valence-corrected chi connectivity index (χ2v) is 8.19. The summed E-state index contributed by atoms with van der Waals surface area (Å²) in [7, 11) is 1.67. The maximum atomic E-state index is 12.6. The molecule has 3 rings (SSSR count). The highest BCUT2D eigenvalue weighted by molar-refractivity contribution is 6.31. The van der Waals surface area contributed by atoms with Crippen molar-refractivity contribution in [2.75, 3.05) is 46.4 Å². The Morgan fingerprint density at radius 2 is 2.03 bits per heavy atom. The number of likely N-dealkylation sites (tertiary alicyclic amines) is 1.